The zero-order valence-electron chi connectivity index (χ0n) is 17.8. The Balaban J connectivity index is 1.47. The van der Waals surface area contributed by atoms with Gasteiger partial charge in [-0.05, 0) is 58.5 Å². The summed E-state index contributed by atoms with van der Waals surface area (Å²) < 4.78 is 32.4. The summed E-state index contributed by atoms with van der Waals surface area (Å²) in [4.78, 5) is 15.1. The molecule has 1 amide bonds. The molecule has 0 radical (unpaired) electrons. The first-order chi connectivity index (χ1) is 13.8. The molecule has 0 aliphatic carbocycles. The fourth-order valence-corrected chi connectivity index (χ4v) is 6.24. The predicted molar refractivity (Wildman–Crippen MR) is 110 cm³/mol. The number of hydrogen-bond acceptors (Lipinski definition) is 6. The van der Waals surface area contributed by atoms with Crippen LogP contribution in [-0.4, -0.2) is 68.0 Å². The largest absolute Gasteiger partial charge is 0.360 e. The maximum Gasteiger partial charge on any atom is 0.248 e. The second kappa shape index (κ2) is 9.57. The van der Waals surface area contributed by atoms with Crippen molar-refractivity contribution in [1.82, 2.24) is 19.7 Å². The third kappa shape index (κ3) is 5.19. The Morgan fingerprint density at radius 3 is 2.41 bits per heavy atom. The van der Waals surface area contributed by atoms with Crippen LogP contribution in [0.15, 0.2) is 9.42 Å². The molecule has 1 aromatic heterocycles. The molecule has 0 unspecified atom stereocenters. The normalized spacial score (nSPS) is 21.2. The van der Waals surface area contributed by atoms with Crippen molar-refractivity contribution in [1.29, 1.82) is 0 Å². The Kier molecular flexibility index (Phi) is 7.34. The molecule has 0 spiro atoms. The zero-order chi connectivity index (χ0) is 21.0. The van der Waals surface area contributed by atoms with E-state index in [2.05, 4.69) is 15.4 Å². The highest BCUT2D eigenvalue weighted by Gasteiger charge is 2.36. The smallest absolute Gasteiger partial charge is 0.248 e. The van der Waals surface area contributed by atoms with Gasteiger partial charge >= 0.3 is 0 Å². The molecule has 0 saturated carbocycles. The van der Waals surface area contributed by atoms with Crippen LogP contribution < -0.4 is 5.32 Å². The van der Waals surface area contributed by atoms with Gasteiger partial charge in [0.15, 0.2) is 5.76 Å². The number of piperidine rings is 2. The van der Waals surface area contributed by atoms with Gasteiger partial charge in [-0.25, -0.2) is 8.42 Å². The third-order valence-corrected chi connectivity index (χ3v) is 8.50. The fraction of sp³-hybridized carbons (Fsp3) is 0.800. The summed E-state index contributed by atoms with van der Waals surface area (Å²) in [7, 11) is -3.61. The molecule has 1 atom stereocenters. The summed E-state index contributed by atoms with van der Waals surface area (Å²) in [5, 5.41) is 6.84. The van der Waals surface area contributed by atoms with Gasteiger partial charge in [0.05, 0.1) is 0 Å². The van der Waals surface area contributed by atoms with Crippen LogP contribution in [0.5, 0.6) is 0 Å². The Morgan fingerprint density at radius 2 is 1.83 bits per heavy atom. The Bertz CT molecular complexity index is 774. The van der Waals surface area contributed by atoms with Crippen molar-refractivity contribution in [2.45, 2.75) is 57.8 Å². The molecule has 29 heavy (non-hydrogen) atoms. The number of likely N-dealkylation sites (tertiary alicyclic amines) is 1. The summed E-state index contributed by atoms with van der Waals surface area (Å²) in [5.74, 6) is 0.487. The van der Waals surface area contributed by atoms with Gasteiger partial charge in [-0.1, -0.05) is 18.5 Å². The van der Waals surface area contributed by atoms with Gasteiger partial charge in [-0.3, -0.25) is 4.79 Å². The summed E-state index contributed by atoms with van der Waals surface area (Å²) in [5.41, 5.74) is 0.395. The number of rotatable bonds is 7. The molecule has 1 N–H and O–H groups in total. The maximum atomic E-state index is 12.9. The van der Waals surface area contributed by atoms with Gasteiger partial charge in [0, 0.05) is 32.1 Å². The first-order valence-corrected chi connectivity index (χ1v) is 12.2. The number of amides is 1. The molecule has 0 bridgehead atoms. The highest BCUT2D eigenvalue weighted by Crippen LogP contribution is 2.30. The van der Waals surface area contributed by atoms with Crippen LogP contribution in [0.25, 0.3) is 0 Å². The van der Waals surface area contributed by atoms with Crippen LogP contribution in [0.4, 0.5) is 0 Å². The van der Waals surface area contributed by atoms with Crippen LogP contribution in [-0.2, 0) is 14.8 Å². The van der Waals surface area contributed by atoms with Gasteiger partial charge < -0.3 is 14.7 Å². The van der Waals surface area contributed by atoms with E-state index in [9.17, 15) is 13.2 Å². The summed E-state index contributed by atoms with van der Waals surface area (Å²) in [6, 6.07) is 0. The van der Waals surface area contributed by atoms with Gasteiger partial charge in [0.2, 0.25) is 15.9 Å². The lowest BCUT2D eigenvalue weighted by Crippen LogP contribution is -2.44. The topological polar surface area (TPSA) is 95.8 Å². The molecule has 164 valence electrons. The van der Waals surface area contributed by atoms with E-state index in [0.717, 1.165) is 19.6 Å². The van der Waals surface area contributed by atoms with E-state index in [-0.39, 0.29) is 22.6 Å². The van der Waals surface area contributed by atoms with Gasteiger partial charge in [-0.2, -0.15) is 4.31 Å². The minimum atomic E-state index is -3.61. The number of nitrogens with zero attached hydrogens (tertiary/aromatic N) is 3. The fourth-order valence-electron chi connectivity index (χ4n) is 4.48. The lowest BCUT2D eigenvalue weighted by atomic mass is 9.85. The van der Waals surface area contributed by atoms with Crippen molar-refractivity contribution in [3.8, 4) is 0 Å². The second-order valence-corrected chi connectivity index (χ2v) is 10.3. The zero-order valence-corrected chi connectivity index (χ0v) is 18.6. The first-order valence-electron chi connectivity index (χ1n) is 10.7. The predicted octanol–water partition coefficient (Wildman–Crippen LogP) is 1.93. The van der Waals surface area contributed by atoms with Gasteiger partial charge in [0.25, 0.3) is 0 Å². The molecule has 2 saturated heterocycles. The van der Waals surface area contributed by atoms with E-state index in [1.165, 1.54) is 23.6 Å². The Labute approximate surface area is 174 Å². The van der Waals surface area contributed by atoms with Crippen LogP contribution in [0.3, 0.4) is 0 Å². The minimum Gasteiger partial charge on any atom is -0.360 e. The molecular formula is C20H34N4O4S. The van der Waals surface area contributed by atoms with Crippen molar-refractivity contribution in [3.05, 3.63) is 11.5 Å². The van der Waals surface area contributed by atoms with E-state index >= 15 is 0 Å². The van der Waals surface area contributed by atoms with E-state index in [4.69, 9.17) is 4.52 Å². The second-order valence-electron chi connectivity index (χ2n) is 8.38. The minimum absolute atomic E-state index is 0.0778. The van der Waals surface area contributed by atoms with Crippen molar-refractivity contribution in [2.24, 2.45) is 11.8 Å². The van der Waals surface area contributed by atoms with E-state index < -0.39 is 10.0 Å². The number of sulfonamides is 1. The number of nitrogens with one attached hydrogen (secondary N) is 1. The number of hydrogen-bond donors (Lipinski definition) is 1. The van der Waals surface area contributed by atoms with Crippen LogP contribution in [0.2, 0.25) is 0 Å². The lowest BCUT2D eigenvalue weighted by molar-refractivity contribution is -0.126. The molecule has 3 rings (SSSR count). The van der Waals surface area contributed by atoms with Crippen molar-refractivity contribution >= 4 is 15.9 Å². The average molecular weight is 427 g/mol. The van der Waals surface area contributed by atoms with E-state index in [1.807, 2.05) is 6.92 Å². The summed E-state index contributed by atoms with van der Waals surface area (Å²) in [6.07, 6.45) is 5.18. The van der Waals surface area contributed by atoms with E-state index in [0.29, 0.717) is 43.9 Å². The number of carbonyl (C=O) groups is 1. The maximum absolute atomic E-state index is 12.9. The molecule has 9 heteroatoms. The molecule has 0 aromatic carbocycles. The highest BCUT2D eigenvalue weighted by molar-refractivity contribution is 7.89. The molecule has 2 aliphatic heterocycles. The summed E-state index contributed by atoms with van der Waals surface area (Å²) in [6.45, 7) is 9.91. The number of aryl methyl sites for hydroxylation is 2. The van der Waals surface area contributed by atoms with Crippen molar-refractivity contribution in [3.63, 3.8) is 0 Å². The molecule has 8 nitrogen and oxygen atoms in total. The van der Waals surface area contributed by atoms with Crippen LogP contribution in [0, 0.1) is 25.7 Å². The molecular weight excluding hydrogens is 392 g/mol. The molecule has 3 heterocycles. The van der Waals surface area contributed by atoms with Gasteiger partial charge in [0.1, 0.15) is 10.6 Å². The van der Waals surface area contributed by atoms with Crippen molar-refractivity contribution in [2.75, 3.05) is 39.3 Å². The van der Waals surface area contributed by atoms with Crippen LogP contribution >= 0.6 is 0 Å². The Hall–Kier alpha value is -1.45. The monoisotopic (exact) mass is 426 g/mol. The molecule has 2 aliphatic rings. The third-order valence-electron chi connectivity index (χ3n) is 6.36. The number of carbonyl (C=O) groups excluding carboxylic acids is 1. The molecule has 1 aromatic rings. The number of aromatic nitrogens is 1. The van der Waals surface area contributed by atoms with Gasteiger partial charge in [-0.15, -0.1) is 0 Å². The quantitative estimate of drug-likeness (QED) is 0.716. The van der Waals surface area contributed by atoms with Crippen LogP contribution in [0.1, 0.15) is 50.5 Å². The standard InChI is InChI=1S/C20H34N4O4S/c1-15(20(25)21-9-14-23-10-5-4-6-11-23)18-7-12-24(13-8-18)29(26,27)19-16(2)22-28-17(19)3/h15,18H,4-14H2,1-3H3,(H,21,25)/t15-/m0/s1. The van der Waals surface area contributed by atoms with E-state index in [1.54, 1.807) is 13.8 Å². The lowest BCUT2D eigenvalue weighted by Gasteiger charge is -2.33. The molecule has 2 fully saturated rings. The van der Waals surface area contributed by atoms with Crippen molar-refractivity contribution < 1.29 is 17.7 Å². The SMILES string of the molecule is Cc1noc(C)c1S(=O)(=O)N1CCC([C@H](C)C(=O)NCCN2CCCCC2)CC1. The summed E-state index contributed by atoms with van der Waals surface area (Å²) >= 11 is 0. The first kappa shape index (κ1) is 22.2. The average Bonchev–Trinajstić information content (AvgIpc) is 3.07. The Morgan fingerprint density at radius 1 is 1.17 bits per heavy atom. The highest BCUT2D eigenvalue weighted by atomic mass is 32.2.